The van der Waals surface area contributed by atoms with E-state index in [1.165, 1.54) is 0 Å². The van der Waals surface area contributed by atoms with Gasteiger partial charge in [-0.3, -0.25) is 9.55 Å². The van der Waals surface area contributed by atoms with Gasteiger partial charge in [-0.25, -0.2) is 4.98 Å². The third-order valence-corrected chi connectivity index (χ3v) is 2.44. The van der Waals surface area contributed by atoms with Crippen molar-refractivity contribution in [3.05, 3.63) is 42.2 Å². The van der Waals surface area contributed by atoms with E-state index in [2.05, 4.69) is 16.0 Å². The van der Waals surface area contributed by atoms with Gasteiger partial charge in [-0.05, 0) is 32.4 Å². The van der Waals surface area contributed by atoms with Crippen LogP contribution < -0.4 is 5.73 Å². The molecular formula is C12H16N4. The zero-order valence-electron chi connectivity index (χ0n) is 9.81. The summed E-state index contributed by atoms with van der Waals surface area (Å²) in [5, 5.41) is 0. The first kappa shape index (κ1) is 10.8. The van der Waals surface area contributed by atoms with E-state index < -0.39 is 5.54 Å². The van der Waals surface area contributed by atoms with Crippen molar-refractivity contribution in [3.8, 4) is 5.69 Å². The summed E-state index contributed by atoms with van der Waals surface area (Å²) in [6.45, 7) is 5.94. The minimum Gasteiger partial charge on any atom is -0.321 e. The normalized spacial score (nSPS) is 11.8. The summed E-state index contributed by atoms with van der Waals surface area (Å²) in [6.07, 6.45) is 7.19. The molecule has 84 valence electrons. The Morgan fingerprint density at radius 1 is 1.19 bits per heavy atom. The smallest absolute Gasteiger partial charge is 0.0995 e. The fourth-order valence-corrected chi connectivity index (χ4v) is 1.65. The zero-order valence-corrected chi connectivity index (χ0v) is 9.81. The van der Waals surface area contributed by atoms with E-state index in [0.29, 0.717) is 0 Å². The summed E-state index contributed by atoms with van der Waals surface area (Å²) in [6, 6.07) is 2.06. The molecule has 2 N–H and O–H groups in total. The van der Waals surface area contributed by atoms with Gasteiger partial charge in [-0.15, -0.1) is 0 Å². The van der Waals surface area contributed by atoms with Crippen LogP contribution in [0, 0.1) is 6.92 Å². The lowest BCUT2D eigenvalue weighted by Gasteiger charge is -2.20. The average molecular weight is 216 g/mol. The number of imidazole rings is 1. The predicted octanol–water partition coefficient (Wildman–Crippen LogP) is 1.77. The summed E-state index contributed by atoms with van der Waals surface area (Å²) in [5.74, 6) is 0. The van der Waals surface area contributed by atoms with Gasteiger partial charge in [0.15, 0.2) is 0 Å². The Labute approximate surface area is 95.1 Å². The van der Waals surface area contributed by atoms with Crippen LogP contribution in [0.15, 0.2) is 31.0 Å². The second-order valence-electron chi connectivity index (χ2n) is 4.59. The van der Waals surface area contributed by atoms with Crippen molar-refractivity contribution in [1.82, 2.24) is 14.5 Å². The first-order valence-corrected chi connectivity index (χ1v) is 5.22. The SMILES string of the molecule is Cc1cncc(-n2cncc2C(C)(C)N)c1. The van der Waals surface area contributed by atoms with Crippen molar-refractivity contribution in [2.75, 3.05) is 0 Å². The second-order valence-corrected chi connectivity index (χ2v) is 4.59. The van der Waals surface area contributed by atoms with E-state index in [-0.39, 0.29) is 0 Å². The van der Waals surface area contributed by atoms with Crippen molar-refractivity contribution in [3.63, 3.8) is 0 Å². The standard InChI is InChI=1S/C12H16N4/c1-9-4-10(6-14-5-9)16-8-15-7-11(16)12(2,3)13/h4-8H,13H2,1-3H3. The number of nitrogens with two attached hydrogens (primary N) is 1. The van der Waals surface area contributed by atoms with Gasteiger partial charge < -0.3 is 5.73 Å². The number of nitrogens with zero attached hydrogens (tertiary/aromatic N) is 3. The Hall–Kier alpha value is -1.68. The molecule has 0 amide bonds. The fraction of sp³-hybridized carbons (Fsp3) is 0.333. The summed E-state index contributed by atoms with van der Waals surface area (Å²) in [4.78, 5) is 8.32. The number of aryl methyl sites for hydroxylation is 1. The number of hydrogen-bond donors (Lipinski definition) is 1. The largest absolute Gasteiger partial charge is 0.321 e. The van der Waals surface area contributed by atoms with Crippen LogP contribution in [-0.4, -0.2) is 14.5 Å². The molecule has 0 aliphatic heterocycles. The molecule has 2 aromatic heterocycles. The number of pyridine rings is 1. The Kier molecular flexibility index (Phi) is 2.52. The highest BCUT2D eigenvalue weighted by Gasteiger charge is 2.19. The predicted molar refractivity (Wildman–Crippen MR) is 63.3 cm³/mol. The van der Waals surface area contributed by atoms with Crippen LogP contribution >= 0.6 is 0 Å². The molecule has 0 unspecified atom stereocenters. The van der Waals surface area contributed by atoms with Crippen LogP contribution in [0.2, 0.25) is 0 Å². The molecule has 0 aliphatic rings. The lowest BCUT2D eigenvalue weighted by Crippen LogP contribution is -2.31. The van der Waals surface area contributed by atoms with Gasteiger partial charge in [-0.2, -0.15) is 0 Å². The number of rotatable bonds is 2. The molecule has 0 spiro atoms. The zero-order chi connectivity index (χ0) is 11.8. The molecule has 2 aromatic rings. The van der Waals surface area contributed by atoms with Crippen LogP contribution in [0.4, 0.5) is 0 Å². The lowest BCUT2D eigenvalue weighted by molar-refractivity contribution is 0.524. The molecule has 0 saturated carbocycles. The molecule has 4 nitrogen and oxygen atoms in total. The van der Waals surface area contributed by atoms with Gasteiger partial charge in [0.1, 0.15) is 0 Å². The van der Waals surface area contributed by atoms with Gasteiger partial charge in [0, 0.05) is 6.20 Å². The van der Waals surface area contributed by atoms with Gasteiger partial charge in [0.05, 0.1) is 35.6 Å². The van der Waals surface area contributed by atoms with E-state index in [0.717, 1.165) is 16.9 Å². The fourth-order valence-electron chi connectivity index (χ4n) is 1.65. The Morgan fingerprint density at radius 3 is 2.56 bits per heavy atom. The van der Waals surface area contributed by atoms with Gasteiger partial charge >= 0.3 is 0 Å². The van der Waals surface area contributed by atoms with E-state index in [1.807, 2.05) is 37.7 Å². The second kappa shape index (κ2) is 3.72. The number of hydrogen-bond acceptors (Lipinski definition) is 3. The molecule has 0 aliphatic carbocycles. The van der Waals surface area contributed by atoms with Crippen molar-refractivity contribution in [1.29, 1.82) is 0 Å². The average Bonchev–Trinajstić information content (AvgIpc) is 2.65. The molecule has 0 fully saturated rings. The molecule has 0 saturated heterocycles. The van der Waals surface area contributed by atoms with Crippen LogP contribution in [-0.2, 0) is 5.54 Å². The highest BCUT2D eigenvalue weighted by atomic mass is 15.1. The Morgan fingerprint density at radius 2 is 1.94 bits per heavy atom. The summed E-state index contributed by atoms with van der Waals surface area (Å²) in [7, 11) is 0. The third-order valence-electron chi connectivity index (χ3n) is 2.44. The van der Waals surface area contributed by atoms with Crippen LogP contribution in [0.1, 0.15) is 25.1 Å². The van der Waals surface area contributed by atoms with E-state index >= 15 is 0 Å². The van der Waals surface area contributed by atoms with Crippen molar-refractivity contribution >= 4 is 0 Å². The number of aromatic nitrogens is 3. The maximum absolute atomic E-state index is 6.10. The third kappa shape index (κ3) is 1.97. The molecule has 0 atom stereocenters. The maximum atomic E-state index is 6.10. The molecule has 2 heterocycles. The molecule has 16 heavy (non-hydrogen) atoms. The Bertz CT molecular complexity index is 494. The molecular weight excluding hydrogens is 200 g/mol. The van der Waals surface area contributed by atoms with E-state index in [4.69, 9.17) is 5.73 Å². The minimum atomic E-state index is -0.416. The molecule has 0 aromatic carbocycles. The highest BCUT2D eigenvalue weighted by molar-refractivity contribution is 5.35. The van der Waals surface area contributed by atoms with Crippen LogP contribution in [0.5, 0.6) is 0 Å². The summed E-state index contributed by atoms with van der Waals surface area (Å²) < 4.78 is 1.97. The lowest BCUT2D eigenvalue weighted by atomic mass is 10.0. The van der Waals surface area contributed by atoms with Crippen LogP contribution in [0.3, 0.4) is 0 Å². The Balaban J connectivity index is 2.53. The quantitative estimate of drug-likeness (QED) is 0.832. The monoisotopic (exact) mass is 216 g/mol. The molecule has 0 radical (unpaired) electrons. The summed E-state index contributed by atoms with van der Waals surface area (Å²) in [5.41, 5.74) is 8.76. The van der Waals surface area contributed by atoms with Gasteiger partial charge in [-0.1, -0.05) is 0 Å². The van der Waals surface area contributed by atoms with Crippen molar-refractivity contribution < 1.29 is 0 Å². The highest BCUT2D eigenvalue weighted by Crippen LogP contribution is 2.20. The summed E-state index contributed by atoms with van der Waals surface area (Å²) >= 11 is 0. The van der Waals surface area contributed by atoms with E-state index in [1.54, 1.807) is 12.5 Å². The van der Waals surface area contributed by atoms with Crippen molar-refractivity contribution in [2.45, 2.75) is 26.3 Å². The maximum Gasteiger partial charge on any atom is 0.0995 e. The minimum absolute atomic E-state index is 0.416. The topological polar surface area (TPSA) is 56.7 Å². The van der Waals surface area contributed by atoms with E-state index in [9.17, 15) is 0 Å². The molecule has 0 bridgehead atoms. The van der Waals surface area contributed by atoms with Gasteiger partial charge in [0.25, 0.3) is 0 Å². The van der Waals surface area contributed by atoms with Gasteiger partial charge in [0.2, 0.25) is 0 Å². The molecule has 4 heteroatoms. The molecule has 2 rings (SSSR count). The first-order valence-electron chi connectivity index (χ1n) is 5.22. The van der Waals surface area contributed by atoms with Crippen LogP contribution in [0.25, 0.3) is 5.69 Å². The van der Waals surface area contributed by atoms with Crippen molar-refractivity contribution in [2.24, 2.45) is 5.73 Å². The first-order chi connectivity index (χ1) is 7.48.